The number of methoxy groups -OCH3 is 2. The van der Waals surface area contributed by atoms with Gasteiger partial charge >= 0.3 is 6.09 Å². The van der Waals surface area contributed by atoms with Crippen LogP contribution in [0, 0.1) is 6.92 Å². The molecule has 0 unspecified atom stereocenters. The van der Waals surface area contributed by atoms with Crippen molar-refractivity contribution in [2.75, 3.05) is 24.9 Å². The van der Waals surface area contributed by atoms with Crippen LogP contribution in [0.25, 0.3) is 0 Å². The summed E-state index contributed by atoms with van der Waals surface area (Å²) in [6.07, 6.45) is -0.0987. The zero-order valence-electron chi connectivity index (χ0n) is 31.5. The first-order chi connectivity index (χ1) is 27.1. The topological polar surface area (TPSA) is 228 Å². The molecule has 0 atom stereocenters. The van der Waals surface area contributed by atoms with Crippen LogP contribution in [0.3, 0.4) is 0 Å². The Balaban J connectivity index is 0.00000109. The number of aryl methyl sites for hydroxylation is 1. The monoisotopic (exact) mass is 971 g/mol. The van der Waals surface area contributed by atoms with E-state index in [1.54, 1.807) is 50.4 Å². The molecule has 3 aromatic rings. The number of rotatable bonds is 17. The summed E-state index contributed by atoms with van der Waals surface area (Å²) in [5.74, 6) is -3.88. The fourth-order valence-electron chi connectivity index (χ4n) is 4.77. The van der Waals surface area contributed by atoms with Crippen LogP contribution in [0.2, 0.25) is 0 Å². The molecule has 299 valence electrons. The predicted octanol–water partition coefficient (Wildman–Crippen LogP) is 3.56. The molecule has 0 aliphatic heterocycles. The van der Waals surface area contributed by atoms with E-state index >= 15 is 0 Å². The molecule has 0 aliphatic carbocycles. The number of hydrogen-bond acceptors (Lipinski definition) is 15. The molecule has 3 aromatic carbocycles. The van der Waals surface area contributed by atoms with Crippen LogP contribution >= 0.6 is 0 Å². The molecular formula is C35H35B5IrN2O15. The quantitative estimate of drug-likeness (QED) is 0.0999. The number of nitrogens with one attached hydrogen (secondary N) is 2. The van der Waals surface area contributed by atoms with Crippen molar-refractivity contribution in [2.24, 2.45) is 0 Å². The summed E-state index contributed by atoms with van der Waals surface area (Å²) in [6.45, 7) is 1.45. The van der Waals surface area contributed by atoms with Gasteiger partial charge in [-0.1, -0.05) is 12.1 Å². The van der Waals surface area contributed by atoms with Crippen molar-refractivity contribution in [2.45, 2.75) is 53.2 Å². The van der Waals surface area contributed by atoms with Crippen LogP contribution in [0.15, 0.2) is 42.5 Å². The number of aromatic hydroxyl groups is 1. The van der Waals surface area contributed by atoms with E-state index < -0.39 is 29.6 Å². The van der Waals surface area contributed by atoms with Gasteiger partial charge in [-0.25, -0.2) is 4.79 Å². The maximum atomic E-state index is 12.4. The standard InChI is InChI=1S/C21H21B2NO8.C13H13B2NO6.CHBO.Ir/c1-12-5-14(9-30-19(22)26)7-16(11-31-20(23)27)18(12)24-21(28)32-10-15-6-13(8-29-2)3-4-17(15)25;1-20-4-8-2-9(5-21-12(14)18)11(16-7-17)10(3-8)6-22-13(15)19;2-1-3;/h3-7,25H,8-11H2,1-2H3,(H,24,28);2-3,7H,4-6H2,1H3,(H,16,17);1H;. The van der Waals surface area contributed by atoms with E-state index in [-0.39, 0.29) is 71.7 Å². The summed E-state index contributed by atoms with van der Waals surface area (Å²) in [5, 5.41) is 15.0. The molecule has 17 nitrogen and oxygen atoms in total. The van der Waals surface area contributed by atoms with E-state index in [1.807, 2.05) is 0 Å². The van der Waals surface area contributed by atoms with Crippen LogP contribution in [-0.4, -0.2) is 101 Å². The number of hydrogen-bond donors (Lipinski definition) is 3. The van der Waals surface area contributed by atoms with Gasteiger partial charge < -0.3 is 48.4 Å². The number of carbonyl (C=O) groups excluding carboxylic acids is 7. The molecule has 3 N–H and O–H groups in total. The number of phenolic OH excluding ortho intramolecular Hbond substituents is 1. The van der Waals surface area contributed by atoms with Gasteiger partial charge in [0.25, 0.3) is 0 Å². The largest absolute Gasteiger partial charge is 0.508 e. The fraction of sp³-hybridized carbons (Fsp3) is 0.286. The zero-order valence-corrected chi connectivity index (χ0v) is 33.9. The maximum Gasteiger partial charge on any atom is 0.411 e. The number of benzene rings is 3. The van der Waals surface area contributed by atoms with Gasteiger partial charge in [-0.3, -0.25) is 29.3 Å². The average Bonchev–Trinajstić information content (AvgIpc) is 3.14. The maximum absolute atomic E-state index is 12.4. The second kappa shape index (κ2) is 28.9. The van der Waals surface area contributed by atoms with Crippen molar-refractivity contribution in [1.82, 2.24) is 0 Å². The Morgan fingerprint density at radius 3 is 1.45 bits per heavy atom. The van der Waals surface area contributed by atoms with Crippen LogP contribution in [-0.2, 0) is 109 Å². The minimum atomic E-state index is -0.999. The first-order valence-electron chi connectivity index (χ1n) is 16.1. The normalized spacial score (nSPS) is 9.64. The summed E-state index contributed by atoms with van der Waals surface area (Å²) in [5.41, 5.74) is 5.10. The number of amides is 2. The molecule has 0 fully saturated rings. The summed E-state index contributed by atoms with van der Waals surface area (Å²) in [4.78, 5) is 75.1. The van der Waals surface area contributed by atoms with Gasteiger partial charge in [0.2, 0.25) is 61.3 Å². The Bertz CT molecular complexity index is 1830. The van der Waals surface area contributed by atoms with Crippen molar-refractivity contribution >= 4 is 92.8 Å². The first-order valence-corrected chi connectivity index (χ1v) is 16.1. The van der Waals surface area contributed by atoms with Gasteiger partial charge in [0, 0.05) is 56.6 Å². The summed E-state index contributed by atoms with van der Waals surface area (Å²) in [6, 6.07) is 11.4. The van der Waals surface area contributed by atoms with E-state index in [4.69, 9.17) is 69.3 Å². The fourth-order valence-corrected chi connectivity index (χ4v) is 4.77. The molecule has 23 heteroatoms. The van der Waals surface area contributed by atoms with E-state index in [0.29, 0.717) is 57.8 Å². The Kier molecular flexibility index (Phi) is 26.3. The van der Waals surface area contributed by atoms with Gasteiger partial charge in [0.05, 0.1) is 30.8 Å². The molecule has 11 radical (unpaired) electrons. The number of phenols is 1. The minimum absolute atomic E-state index is 0. The Labute approximate surface area is 354 Å². The summed E-state index contributed by atoms with van der Waals surface area (Å²) in [7, 11) is 27.1. The van der Waals surface area contributed by atoms with E-state index in [2.05, 4.69) is 18.5 Å². The van der Waals surface area contributed by atoms with E-state index in [0.717, 1.165) is 11.1 Å². The molecule has 0 aliphatic rings. The third-order valence-corrected chi connectivity index (χ3v) is 6.88. The van der Waals surface area contributed by atoms with Crippen LogP contribution in [0.1, 0.15) is 44.5 Å². The number of ether oxygens (including phenoxy) is 7. The third kappa shape index (κ3) is 20.7. The molecule has 0 saturated heterocycles. The number of anilines is 2. The molecule has 3 rings (SSSR count). The zero-order chi connectivity index (χ0) is 42.9. The second-order valence-electron chi connectivity index (χ2n) is 11.1. The van der Waals surface area contributed by atoms with Crippen molar-refractivity contribution in [1.29, 1.82) is 0 Å². The Morgan fingerprint density at radius 1 is 0.603 bits per heavy atom. The number of carbonyl (C=O) groups is 7. The summed E-state index contributed by atoms with van der Waals surface area (Å²) >= 11 is 0. The van der Waals surface area contributed by atoms with Gasteiger partial charge in [0.15, 0.2) is 7.85 Å². The molecule has 0 aromatic heterocycles. The SMILES string of the molecule is [B]C(=O)OCc1cc(C)c(NC(=O)OCc2cc(COC)ccc2O)c(COC([B])=O)c1.[B]C(=O)OCc1cc(COC)cc(COC([B])=O)c1NC=O.[B]C=O.[Ir]. The minimum Gasteiger partial charge on any atom is -0.508 e. The van der Waals surface area contributed by atoms with Gasteiger partial charge in [0.1, 0.15) is 38.8 Å². The first kappa shape index (κ1) is 52.6. The predicted molar refractivity (Wildman–Crippen MR) is 207 cm³/mol. The van der Waals surface area contributed by atoms with Crippen molar-refractivity contribution < 1.29 is 91.9 Å². The molecule has 0 saturated carbocycles. The smallest absolute Gasteiger partial charge is 0.411 e. The molecule has 58 heavy (non-hydrogen) atoms. The molecule has 0 bridgehead atoms. The van der Waals surface area contributed by atoms with Crippen molar-refractivity contribution in [3.63, 3.8) is 0 Å². The van der Waals surface area contributed by atoms with E-state index in [9.17, 15) is 33.9 Å². The average molecular weight is 970 g/mol. The van der Waals surface area contributed by atoms with Crippen LogP contribution < -0.4 is 10.6 Å². The summed E-state index contributed by atoms with van der Waals surface area (Å²) < 4.78 is 34.4. The third-order valence-electron chi connectivity index (χ3n) is 6.88. The molecule has 2 amide bonds. The molecule has 0 spiro atoms. The second-order valence-corrected chi connectivity index (χ2v) is 11.1. The van der Waals surface area contributed by atoms with Crippen LogP contribution in [0.4, 0.5) is 35.3 Å². The van der Waals surface area contributed by atoms with E-state index in [1.165, 1.54) is 13.2 Å². The van der Waals surface area contributed by atoms with Crippen molar-refractivity contribution in [3.05, 3.63) is 87.0 Å². The molecular weight excluding hydrogens is 935 g/mol. The Morgan fingerprint density at radius 2 is 1.00 bits per heavy atom. The van der Waals surface area contributed by atoms with Gasteiger partial charge in [-0.2, -0.15) is 0 Å². The van der Waals surface area contributed by atoms with Gasteiger partial charge in [-0.15, -0.1) is 0 Å². The van der Waals surface area contributed by atoms with Gasteiger partial charge in [-0.05, 0) is 59.5 Å². The van der Waals surface area contributed by atoms with Crippen LogP contribution in [0.5, 0.6) is 5.75 Å². The Hall–Kier alpha value is -5.36. The van der Waals surface area contributed by atoms with Crippen molar-refractivity contribution in [3.8, 4) is 5.75 Å². The molecule has 0 heterocycles.